The van der Waals surface area contributed by atoms with E-state index in [1.165, 1.54) is 0 Å². The third kappa shape index (κ3) is 3.98. The van der Waals surface area contributed by atoms with Gasteiger partial charge in [0.05, 0.1) is 6.61 Å². The van der Waals surface area contributed by atoms with Crippen molar-refractivity contribution in [3.63, 3.8) is 0 Å². The van der Waals surface area contributed by atoms with Gasteiger partial charge in [0, 0.05) is 17.6 Å². The van der Waals surface area contributed by atoms with Crippen LogP contribution in [0.4, 0.5) is 0 Å². The van der Waals surface area contributed by atoms with Gasteiger partial charge >= 0.3 is 0 Å². The number of halogens is 1. The average Bonchev–Trinajstić information content (AvgIpc) is 2.38. The van der Waals surface area contributed by atoms with E-state index in [0.717, 1.165) is 36.5 Å². The number of rotatable bonds is 4. The van der Waals surface area contributed by atoms with Crippen molar-refractivity contribution in [1.29, 1.82) is 0 Å². The van der Waals surface area contributed by atoms with Gasteiger partial charge in [-0.05, 0) is 30.8 Å². The summed E-state index contributed by atoms with van der Waals surface area (Å²) in [6, 6.07) is 7.89. The number of benzene rings is 1. The number of likely N-dealkylation sites (N-methyl/N-ethyl adjacent to an activating group) is 1. The third-order valence-electron chi connectivity index (χ3n) is 2.92. The van der Waals surface area contributed by atoms with Crippen molar-refractivity contribution in [1.82, 2.24) is 4.90 Å². The van der Waals surface area contributed by atoms with Crippen molar-refractivity contribution in [3.8, 4) is 5.75 Å². The molecule has 2 rings (SSSR count). The summed E-state index contributed by atoms with van der Waals surface area (Å²) in [7, 11) is 0. The summed E-state index contributed by atoms with van der Waals surface area (Å²) in [5.41, 5.74) is 0. The maximum atomic E-state index is 5.72. The first-order chi connectivity index (χ1) is 8.28. The Morgan fingerprint density at radius 2 is 2.18 bits per heavy atom. The van der Waals surface area contributed by atoms with Crippen LogP contribution in [0.5, 0.6) is 5.75 Å². The third-order valence-corrected chi connectivity index (χ3v) is 3.45. The maximum Gasteiger partial charge on any atom is 0.119 e. The molecule has 1 aromatic rings. The quantitative estimate of drug-likeness (QED) is 0.853. The second-order valence-electron chi connectivity index (χ2n) is 4.15. The Bertz CT molecular complexity index is 342. The van der Waals surface area contributed by atoms with E-state index in [2.05, 4.69) is 27.8 Å². The Labute approximate surface area is 111 Å². The van der Waals surface area contributed by atoms with E-state index in [0.29, 0.717) is 6.61 Å². The molecule has 0 amide bonds. The Hall–Kier alpha value is -0.580. The molecule has 1 heterocycles. The highest BCUT2D eigenvalue weighted by molar-refractivity contribution is 9.10. The van der Waals surface area contributed by atoms with Gasteiger partial charge in [-0.2, -0.15) is 0 Å². The van der Waals surface area contributed by atoms with Crippen LogP contribution in [0.2, 0.25) is 0 Å². The van der Waals surface area contributed by atoms with Gasteiger partial charge in [0.1, 0.15) is 18.5 Å². The molecule has 1 fully saturated rings. The van der Waals surface area contributed by atoms with Crippen molar-refractivity contribution >= 4 is 15.9 Å². The molecule has 0 N–H and O–H groups in total. The average molecular weight is 300 g/mol. The first-order valence-corrected chi connectivity index (χ1v) is 6.79. The zero-order chi connectivity index (χ0) is 12.1. The highest BCUT2D eigenvalue weighted by Gasteiger charge is 2.19. The van der Waals surface area contributed by atoms with E-state index < -0.39 is 0 Å². The fourth-order valence-corrected chi connectivity index (χ4v) is 2.15. The molecule has 1 saturated heterocycles. The second-order valence-corrected chi connectivity index (χ2v) is 5.07. The van der Waals surface area contributed by atoms with E-state index in [1.54, 1.807) is 0 Å². The number of nitrogens with zero attached hydrogens (tertiary/aromatic N) is 1. The Morgan fingerprint density at radius 1 is 1.41 bits per heavy atom. The van der Waals surface area contributed by atoms with Gasteiger partial charge in [0.25, 0.3) is 0 Å². The van der Waals surface area contributed by atoms with Crippen LogP contribution in [-0.4, -0.2) is 43.9 Å². The van der Waals surface area contributed by atoms with Gasteiger partial charge in [-0.3, -0.25) is 4.90 Å². The number of morpholine rings is 1. The second kappa shape index (κ2) is 6.38. The highest BCUT2D eigenvalue weighted by Crippen LogP contribution is 2.17. The zero-order valence-corrected chi connectivity index (χ0v) is 11.6. The maximum absolute atomic E-state index is 5.72. The van der Waals surface area contributed by atoms with Crippen LogP contribution >= 0.6 is 15.9 Å². The molecule has 0 spiro atoms. The monoisotopic (exact) mass is 299 g/mol. The van der Waals surface area contributed by atoms with Crippen molar-refractivity contribution in [3.05, 3.63) is 28.7 Å². The standard InChI is InChI=1S/C13H18BrNO2/c1-2-15-7-8-16-13(9-15)10-17-12-5-3-11(14)4-6-12/h3-6,13H,2,7-10H2,1H3/t13-/m0/s1. The summed E-state index contributed by atoms with van der Waals surface area (Å²) in [6.45, 7) is 6.69. The molecule has 17 heavy (non-hydrogen) atoms. The largest absolute Gasteiger partial charge is 0.491 e. The SMILES string of the molecule is CCN1CCO[C@H](COc2ccc(Br)cc2)C1. The van der Waals surface area contributed by atoms with Crippen molar-refractivity contribution in [2.45, 2.75) is 13.0 Å². The molecule has 0 bridgehead atoms. The molecule has 1 aliphatic heterocycles. The number of hydrogen-bond donors (Lipinski definition) is 0. The Kier molecular flexibility index (Phi) is 4.83. The van der Waals surface area contributed by atoms with Crippen LogP contribution in [0.3, 0.4) is 0 Å². The van der Waals surface area contributed by atoms with Crippen LogP contribution in [0.1, 0.15) is 6.92 Å². The van der Waals surface area contributed by atoms with Gasteiger partial charge in [0.2, 0.25) is 0 Å². The van der Waals surface area contributed by atoms with Crippen LogP contribution < -0.4 is 4.74 Å². The van der Waals surface area contributed by atoms with Crippen LogP contribution in [0.25, 0.3) is 0 Å². The summed E-state index contributed by atoms with van der Waals surface area (Å²) in [6.07, 6.45) is 0.187. The minimum absolute atomic E-state index is 0.187. The van der Waals surface area contributed by atoms with E-state index in [9.17, 15) is 0 Å². The van der Waals surface area contributed by atoms with E-state index in [1.807, 2.05) is 24.3 Å². The summed E-state index contributed by atoms with van der Waals surface area (Å²) in [4.78, 5) is 2.39. The first kappa shape index (κ1) is 12.9. The molecule has 0 unspecified atom stereocenters. The molecule has 1 atom stereocenters. The zero-order valence-electron chi connectivity index (χ0n) is 10.1. The van der Waals surface area contributed by atoms with Gasteiger partial charge in [-0.15, -0.1) is 0 Å². The lowest BCUT2D eigenvalue weighted by Gasteiger charge is -2.31. The van der Waals surface area contributed by atoms with Crippen molar-refractivity contribution < 1.29 is 9.47 Å². The molecule has 1 aliphatic rings. The van der Waals surface area contributed by atoms with E-state index in [4.69, 9.17) is 9.47 Å². The Balaban J connectivity index is 1.79. The lowest BCUT2D eigenvalue weighted by Crippen LogP contribution is -2.44. The van der Waals surface area contributed by atoms with E-state index >= 15 is 0 Å². The minimum atomic E-state index is 0.187. The number of hydrogen-bond acceptors (Lipinski definition) is 3. The van der Waals surface area contributed by atoms with Crippen LogP contribution in [-0.2, 0) is 4.74 Å². The summed E-state index contributed by atoms with van der Waals surface area (Å²) in [5.74, 6) is 0.894. The first-order valence-electron chi connectivity index (χ1n) is 6.00. The smallest absolute Gasteiger partial charge is 0.119 e. The fraction of sp³-hybridized carbons (Fsp3) is 0.538. The molecule has 0 aromatic heterocycles. The summed E-state index contributed by atoms with van der Waals surface area (Å²) < 4.78 is 12.5. The van der Waals surface area contributed by atoms with Crippen molar-refractivity contribution in [2.75, 3.05) is 32.8 Å². The predicted molar refractivity (Wildman–Crippen MR) is 71.5 cm³/mol. The van der Waals surface area contributed by atoms with E-state index in [-0.39, 0.29) is 6.10 Å². The topological polar surface area (TPSA) is 21.7 Å². The molecule has 0 radical (unpaired) electrons. The lowest BCUT2D eigenvalue weighted by molar-refractivity contribution is -0.0464. The molecule has 0 saturated carbocycles. The van der Waals surface area contributed by atoms with Crippen LogP contribution in [0, 0.1) is 0 Å². The summed E-state index contributed by atoms with van der Waals surface area (Å²) >= 11 is 3.40. The summed E-state index contributed by atoms with van der Waals surface area (Å²) in [5, 5.41) is 0. The predicted octanol–water partition coefficient (Wildman–Crippen LogP) is 2.55. The molecular formula is C13H18BrNO2. The molecule has 4 heteroatoms. The molecular weight excluding hydrogens is 282 g/mol. The molecule has 1 aromatic carbocycles. The lowest BCUT2D eigenvalue weighted by atomic mass is 10.3. The molecule has 0 aliphatic carbocycles. The van der Waals surface area contributed by atoms with Gasteiger partial charge in [-0.1, -0.05) is 22.9 Å². The minimum Gasteiger partial charge on any atom is -0.491 e. The molecule has 94 valence electrons. The van der Waals surface area contributed by atoms with Crippen molar-refractivity contribution in [2.24, 2.45) is 0 Å². The number of ether oxygens (including phenoxy) is 2. The highest BCUT2D eigenvalue weighted by atomic mass is 79.9. The Morgan fingerprint density at radius 3 is 2.88 bits per heavy atom. The molecule has 3 nitrogen and oxygen atoms in total. The van der Waals surface area contributed by atoms with Crippen LogP contribution in [0.15, 0.2) is 28.7 Å². The van der Waals surface area contributed by atoms with Gasteiger partial charge in [-0.25, -0.2) is 0 Å². The van der Waals surface area contributed by atoms with Gasteiger partial charge < -0.3 is 9.47 Å². The fourth-order valence-electron chi connectivity index (χ4n) is 1.89. The normalized spacial score (nSPS) is 21.4. The van der Waals surface area contributed by atoms with Gasteiger partial charge in [0.15, 0.2) is 0 Å².